The lowest BCUT2D eigenvalue weighted by molar-refractivity contribution is 0.305. The Bertz CT molecular complexity index is 600. The molecule has 6 heteroatoms. The molecule has 1 aliphatic heterocycles. The van der Waals surface area contributed by atoms with Gasteiger partial charge in [0, 0.05) is 12.2 Å². The molecule has 1 heterocycles. The first-order valence-corrected chi connectivity index (χ1v) is 7.88. The quantitative estimate of drug-likeness (QED) is 0.789. The monoisotopic (exact) mass is 300 g/mol. The van der Waals surface area contributed by atoms with Crippen molar-refractivity contribution in [3.63, 3.8) is 0 Å². The lowest BCUT2D eigenvalue weighted by Gasteiger charge is -2.45. The van der Waals surface area contributed by atoms with Crippen molar-refractivity contribution >= 4 is 17.6 Å². The Morgan fingerprint density at radius 2 is 2.00 bits per heavy atom. The van der Waals surface area contributed by atoms with E-state index in [-0.39, 0.29) is 5.66 Å². The number of nitrogens with zero attached hydrogens (tertiary/aromatic N) is 3. The highest BCUT2D eigenvalue weighted by atomic mass is 15.4. The van der Waals surface area contributed by atoms with Crippen LogP contribution in [0.5, 0.6) is 0 Å². The topological polar surface area (TPSA) is 92.0 Å². The van der Waals surface area contributed by atoms with Crippen LogP contribution in [0, 0.1) is 0 Å². The molecule has 5 N–H and O–H groups in total. The van der Waals surface area contributed by atoms with Gasteiger partial charge in [-0.05, 0) is 50.4 Å². The van der Waals surface area contributed by atoms with Gasteiger partial charge in [0.2, 0.25) is 11.9 Å². The van der Waals surface area contributed by atoms with Gasteiger partial charge in [0.25, 0.3) is 0 Å². The molecule has 1 fully saturated rings. The van der Waals surface area contributed by atoms with Crippen LogP contribution >= 0.6 is 0 Å². The van der Waals surface area contributed by atoms with Crippen molar-refractivity contribution in [2.45, 2.75) is 44.3 Å². The average molecular weight is 300 g/mol. The standard InChI is InChI=1S/C16H24N6/c1-19-11-12-6-5-7-13(10-12)22-15(18)20-14(17)21-16(22)8-3-2-4-9-16/h5-7,10,19H,2-4,8-9,11H2,1H3,(H4,17,18,20,21). The zero-order chi connectivity index (χ0) is 15.6. The molecule has 22 heavy (non-hydrogen) atoms. The number of rotatable bonds is 3. The second kappa shape index (κ2) is 5.96. The van der Waals surface area contributed by atoms with Gasteiger partial charge < -0.3 is 16.8 Å². The van der Waals surface area contributed by atoms with Crippen molar-refractivity contribution in [1.29, 1.82) is 0 Å². The summed E-state index contributed by atoms with van der Waals surface area (Å²) in [7, 11) is 1.94. The van der Waals surface area contributed by atoms with E-state index in [1.54, 1.807) is 0 Å². The van der Waals surface area contributed by atoms with Gasteiger partial charge >= 0.3 is 0 Å². The third kappa shape index (κ3) is 2.66. The number of aliphatic imine (C=N–C) groups is 2. The van der Waals surface area contributed by atoms with Crippen LogP contribution in [0.1, 0.15) is 37.7 Å². The van der Waals surface area contributed by atoms with Gasteiger partial charge in [0.1, 0.15) is 5.66 Å². The van der Waals surface area contributed by atoms with Gasteiger partial charge in [-0.25, -0.2) is 4.99 Å². The summed E-state index contributed by atoms with van der Waals surface area (Å²) in [5.41, 5.74) is 14.0. The van der Waals surface area contributed by atoms with Gasteiger partial charge in [0.05, 0.1) is 0 Å². The largest absolute Gasteiger partial charge is 0.369 e. The fourth-order valence-electron chi connectivity index (χ4n) is 3.50. The second-order valence-corrected chi connectivity index (χ2v) is 6.02. The Kier molecular flexibility index (Phi) is 4.02. The van der Waals surface area contributed by atoms with E-state index in [0.717, 1.165) is 37.9 Å². The first kappa shape index (κ1) is 14.8. The Hall–Kier alpha value is -2.08. The molecule has 0 saturated heterocycles. The van der Waals surface area contributed by atoms with Crippen molar-refractivity contribution in [3.8, 4) is 0 Å². The molecule has 0 unspecified atom stereocenters. The molecule has 0 amide bonds. The molecule has 0 aromatic heterocycles. The molecule has 1 spiro atoms. The van der Waals surface area contributed by atoms with E-state index in [9.17, 15) is 0 Å². The highest BCUT2D eigenvalue weighted by Gasteiger charge is 2.42. The molecule has 1 aliphatic carbocycles. The molecular formula is C16H24N6. The average Bonchev–Trinajstić information content (AvgIpc) is 2.48. The normalized spacial score (nSPS) is 20.7. The van der Waals surface area contributed by atoms with Crippen molar-refractivity contribution in [2.75, 3.05) is 11.9 Å². The van der Waals surface area contributed by atoms with Crippen molar-refractivity contribution in [1.82, 2.24) is 5.32 Å². The summed E-state index contributed by atoms with van der Waals surface area (Å²) >= 11 is 0. The fourth-order valence-corrected chi connectivity index (χ4v) is 3.50. The number of nitrogens with two attached hydrogens (primary N) is 2. The number of hydrogen-bond acceptors (Lipinski definition) is 6. The molecule has 2 aliphatic rings. The van der Waals surface area contributed by atoms with E-state index in [4.69, 9.17) is 16.5 Å². The lowest BCUT2D eigenvalue weighted by atomic mass is 9.87. The predicted molar refractivity (Wildman–Crippen MR) is 90.7 cm³/mol. The van der Waals surface area contributed by atoms with E-state index >= 15 is 0 Å². The molecule has 6 nitrogen and oxygen atoms in total. The van der Waals surface area contributed by atoms with Crippen molar-refractivity contribution < 1.29 is 0 Å². The minimum Gasteiger partial charge on any atom is -0.369 e. The number of anilines is 1. The third-order valence-corrected chi connectivity index (χ3v) is 4.40. The van der Waals surface area contributed by atoms with Crippen molar-refractivity contribution in [2.24, 2.45) is 21.5 Å². The van der Waals surface area contributed by atoms with Crippen molar-refractivity contribution in [3.05, 3.63) is 29.8 Å². The van der Waals surface area contributed by atoms with Crippen LogP contribution in [0.25, 0.3) is 0 Å². The first-order chi connectivity index (χ1) is 10.6. The minimum atomic E-state index is -0.369. The van der Waals surface area contributed by atoms with Crippen LogP contribution in [0.3, 0.4) is 0 Å². The maximum atomic E-state index is 6.23. The second-order valence-electron chi connectivity index (χ2n) is 6.02. The highest BCUT2D eigenvalue weighted by molar-refractivity contribution is 6.05. The summed E-state index contributed by atoms with van der Waals surface area (Å²) in [6.45, 7) is 0.817. The molecule has 118 valence electrons. The molecule has 0 radical (unpaired) electrons. The smallest absolute Gasteiger partial charge is 0.220 e. The van der Waals surface area contributed by atoms with E-state index in [1.165, 1.54) is 12.0 Å². The maximum absolute atomic E-state index is 6.23. The Balaban J connectivity index is 2.02. The van der Waals surface area contributed by atoms with Crippen LogP contribution in [-0.2, 0) is 6.54 Å². The van der Waals surface area contributed by atoms with Gasteiger partial charge in [-0.15, -0.1) is 0 Å². The maximum Gasteiger partial charge on any atom is 0.220 e. The minimum absolute atomic E-state index is 0.294. The van der Waals surface area contributed by atoms with Gasteiger partial charge in [-0.3, -0.25) is 4.90 Å². The van der Waals surface area contributed by atoms with E-state index in [2.05, 4.69) is 33.4 Å². The first-order valence-electron chi connectivity index (χ1n) is 7.88. The van der Waals surface area contributed by atoms with Crippen LogP contribution in [0.2, 0.25) is 0 Å². The van der Waals surface area contributed by atoms with Crippen LogP contribution < -0.4 is 21.7 Å². The van der Waals surface area contributed by atoms with E-state index in [1.807, 2.05) is 13.1 Å². The summed E-state index contributed by atoms with van der Waals surface area (Å²) < 4.78 is 0. The SMILES string of the molecule is CNCc1cccc(N2C(N)=NC(N)=NC23CCCCC3)c1. The summed E-state index contributed by atoms with van der Waals surface area (Å²) in [4.78, 5) is 11.0. The number of hydrogen-bond donors (Lipinski definition) is 3. The summed E-state index contributed by atoms with van der Waals surface area (Å²) in [6.07, 6.45) is 5.43. The van der Waals surface area contributed by atoms with Crippen LogP contribution in [0.15, 0.2) is 34.3 Å². The molecular weight excluding hydrogens is 276 g/mol. The van der Waals surface area contributed by atoms with E-state index < -0.39 is 0 Å². The summed E-state index contributed by atoms with van der Waals surface area (Å²) in [5.74, 6) is 0.734. The Labute approximate surface area is 131 Å². The van der Waals surface area contributed by atoms with Gasteiger partial charge in [0.15, 0.2) is 0 Å². The lowest BCUT2D eigenvalue weighted by Crippen LogP contribution is -2.58. The molecule has 0 atom stereocenters. The zero-order valence-corrected chi connectivity index (χ0v) is 13.0. The number of nitrogens with one attached hydrogen (secondary N) is 1. The molecule has 1 aromatic rings. The van der Waals surface area contributed by atoms with Gasteiger partial charge in [-0.2, -0.15) is 4.99 Å². The third-order valence-electron chi connectivity index (χ3n) is 4.40. The number of benzene rings is 1. The fraction of sp³-hybridized carbons (Fsp3) is 0.500. The summed E-state index contributed by atoms with van der Waals surface area (Å²) in [6, 6.07) is 8.36. The molecule has 0 bridgehead atoms. The molecule has 3 rings (SSSR count). The van der Waals surface area contributed by atoms with Crippen LogP contribution in [0.4, 0.5) is 5.69 Å². The summed E-state index contributed by atoms with van der Waals surface area (Å²) in [5, 5.41) is 3.18. The Morgan fingerprint density at radius 3 is 2.73 bits per heavy atom. The molecule has 1 saturated carbocycles. The molecule has 1 aromatic carbocycles. The zero-order valence-electron chi connectivity index (χ0n) is 13.0. The Morgan fingerprint density at radius 1 is 1.23 bits per heavy atom. The van der Waals surface area contributed by atoms with Crippen LogP contribution in [-0.4, -0.2) is 24.6 Å². The predicted octanol–water partition coefficient (Wildman–Crippen LogP) is 1.52. The highest BCUT2D eigenvalue weighted by Crippen LogP contribution is 2.39. The van der Waals surface area contributed by atoms with E-state index in [0.29, 0.717) is 11.9 Å². The van der Waals surface area contributed by atoms with Gasteiger partial charge in [-0.1, -0.05) is 18.6 Å². The number of guanidine groups is 2.